The number of hydrogen-bond donors (Lipinski definition) is 2. The van der Waals surface area contributed by atoms with Crippen LogP contribution in [0.1, 0.15) is 40.5 Å². The van der Waals surface area contributed by atoms with E-state index in [1.54, 1.807) is 6.92 Å². The lowest BCUT2D eigenvalue weighted by atomic mass is 10.2. The van der Waals surface area contributed by atoms with Crippen LogP contribution in [0.2, 0.25) is 0 Å². The van der Waals surface area contributed by atoms with Gasteiger partial charge in [0.25, 0.3) is 0 Å². The predicted octanol–water partition coefficient (Wildman–Crippen LogP) is 2.12. The normalized spacial score (nSPS) is 10.1. The van der Waals surface area contributed by atoms with Crippen LogP contribution in [0.4, 0.5) is 0 Å². The summed E-state index contributed by atoms with van der Waals surface area (Å²) in [6.07, 6.45) is 3.64. The van der Waals surface area contributed by atoms with Crippen molar-refractivity contribution in [2.24, 2.45) is 0 Å². The standard InChI is InChI=1S/C10H20O5Si.2C4H6O2.H2O/c1-6-7-8-9(2)10(11)15-16(12-3,13-4)14-5;2*1-3(2)4(5)6;/h8H,6-7H2,1-5H3;2*1H2,2H3,(H,5,6);1H2. The second-order valence-corrected chi connectivity index (χ2v) is 7.78. The first-order valence-corrected chi connectivity index (χ1v) is 9.80. The zero-order chi connectivity index (χ0) is 22.9. The average Bonchev–Trinajstić information content (AvgIpc) is 2.64. The zero-order valence-electron chi connectivity index (χ0n) is 18.2. The maximum Gasteiger partial charge on any atom is 0.751 e. The van der Waals surface area contributed by atoms with Crippen molar-refractivity contribution in [3.05, 3.63) is 36.0 Å². The number of aliphatic carboxylic acids is 2. The van der Waals surface area contributed by atoms with Crippen LogP contribution in [-0.2, 0) is 32.1 Å². The molecule has 0 unspecified atom stereocenters. The Kier molecular flexibility index (Phi) is 22.4. The largest absolute Gasteiger partial charge is 0.751 e. The lowest BCUT2D eigenvalue weighted by Crippen LogP contribution is -2.48. The van der Waals surface area contributed by atoms with Gasteiger partial charge in [-0.2, -0.15) is 0 Å². The molecule has 0 bridgehead atoms. The summed E-state index contributed by atoms with van der Waals surface area (Å²) < 4.78 is 20.1. The molecule has 0 aliphatic rings. The Morgan fingerprint density at radius 3 is 1.41 bits per heavy atom. The molecule has 11 heteroatoms. The van der Waals surface area contributed by atoms with E-state index in [4.69, 9.17) is 27.9 Å². The maximum absolute atomic E-state index is 11.6. The van der Waals surface area contributed by atoms with Crippen molar-refractivity contribution in [3.63, 3.8) is 0 Å². The Morgan fingerprint density at radius 2 is 1.21 bits per heavy atom. The summed E-state index contributed by atoms with van der Waals surface area (Å²) in [5.74, 6) is -2.34. The van der Waals surface area contributed by atoms with Gasteiger partial charge in [-0.25, -0.2) is 14.4 Å². The predicted molar refractivity (Wildman–Crippen MR) is 110 cm³/mol. The van der Waals surface area contributed by atoms with E-state index in [1.807, 2.05) is 13.0 Å². The van der Waals surface area contributed by atoms with Gasteiger partial charge >= 0.3 is 27.0 Å². The quantitative estimate of drug-likeness (QED) is 0.406. The Labute approximate surface area is 173 Å². The van der Waals surface area contributed by atoms with Crippen molar-refractivity contribution in [2.45, 2.75) is 40.5 Å². The Morgan fingerprint density at radius 1 is 0.897 bits per heavy atom. The Bertz CT molecular complexity index is 509. The molecule has 0 rings (SSSR count). The second kappa shape index (κ2) is 19.0. The number of carboxylic acid groups (broad SMARTS) is 2. The SMILES string of the molecule is C=C(C)C(=O)O.C=C(C)C(=O)O.CCCC=C(C)C(=O)O[Si](OC)(OC)OC.O. The van der Waals surface area contributed by atoms with E-state index in [2.05, 4.69) is 13.2 Å². The summed E-state index contributed by atoms with van der Waals surface area (Å²) in [6, 6.07) is 0. The van der Waals surface area contributed by atoms with Gasteiger partial charge in [-0.15, -0.1) is 0 Å². The molecule has 4 N–H and O–H groups in total. The van der Waals surface area contributed by atoms with Crippen LogP contribution in [-0.4, -0.2) is 64.0 Å². The second-order valence-electron chi connectivity index (χ2n) is 5.35. The highest BCUT2D eigenvalue weighted by molar-refractivity contribution is 6.55. The van der Waals surface area contributed by atoms with Crippen LogP contribution in [0.25, 0.3) is 0 Å². The number of carbonyl (C=O) groups excluding carboxylic acids is 1. The lowest BCUT2D eigenvalue weighted by molar-refractivity contribution is -0.138. The minimum Gasteiger partial charge on any atom is -0.478 e. The van der Waals surface area contributed by atoms with Crippen LogP contribution >= 0.6 is 0 Å². The average molecular weight is 439 g/mol. The summed E-state index contributed by atoms with van der Waals surface area (Å²) in [4.78, 5) is 30.8. The Balaban J connectivity index is -0.000000199. The van der Waals surface area contributed by atoms with Gasteiger partial charge in [0.05, 0.1) is 0 Å². The molecule has 0 aliphatic carbocycles. The van der Waals surface area contributed by atoms with Crippen LogP contribution in [0.15, 0.2) is 36.0 Å². The summed E-state index contributed by atoms with van der Waals surface area (Å²) in [6.45, 7) is 12.9. The summed E-state index contributed by atoms with van der Waals surface area (Å²) >= 11 is 0. The topological polar surface area (TPSA) is 160 Å². The van der Waals surface area contributed by atoms with Gasteiger partial charge < -0.3 is 33.4 Å². The molecular weight excluding hydrogens is 404 g/mol. The molecule has 0 spiro atoms. The maximum atomic E-state index is 11.6. The highest BCUT2D eigenvalue weighted by Gasteiger charge is 2.47. The van der Waals surface area contributed by atoms with E-state index in [9.17, 15) is 14.4 Å². The molecule has 0 amide bonds. The molecule has 0 aromatic carbocycles. The van der Waals surface area contributed by atoms with Gasteiger partial charge in [0.1, 0.15) is 0 Å². The summed E-state index contributed by atoms with van der Waals surface area (Å²) in [7, 11) is 0.887. The van der Waals surface area contributed by atoms with E-state index in [1.165, 1.54) is 35.2 Å². The number of carbonyl (C=O) groups is 3. The van der Waals surface area contributed by atoms with Gasteiger partial charge in [0, 0.05) is 38.0 Å². The number of hydrogen-bond acceptors (Lipinski definition) is 7. The van der Waals surface area contributed by atoms with Gasteiger partial charge in [0.2, 0.25) is 0 Å². The number of allylic oxidation sites excluding steroid dienone is 1. The summed E-state index contributed by atoms with van der Waals surface area (Å²) in [5.41, 5.74) is 0.884. The van der Waals surface area contributed by atoms with Crippen LogP contribution < -0.4 is 0 Å². The molecular formula is C18H34O10Si. The molecule has 0 saturated carbocycles. The molecule has 0 aromatic rings. The van der Waals surface area contributed by atoms with Gasteiger partial charge in [-0.1, -0.05) is 32.6 Å². The summed E-state index contributed by atoms with van der Waals surface area (Å²) in [5, 5.41) is 15.8. The molecule has 0 heterocycles. The van der Waals surface area contributed by atoms with Crippen molar-refractivity contribution in [1.82, 2.24) is 0 Å². The van der Waals surface area contributed by atoms with Crippen molar-refractivity contribution < 1.29 is 47.8 Å². The fourth-order valence-corrected chi connectivity index (χ4v) is 2.15. The minimum absolute atomic E-state index is 0. The highest BCUT2D eigenvalue weighted by Crippen LogP contribution is 2.11. The minimum atomic E-state index is -3.27. The monoisotopic (exact) mass is 438 g/mol. The van der Waals surface area contributed by atoms with Gasteiger partial charge in [0.15, 0.2) is 0 Å². The Hall–Kier alpha value is -2.31. The van der Waals surface area contributed by atoms with Crippen molar-refractivity contribution in [3.8, 4) is 0 Å². The van der Waals surface area contributed by atoms with E-state index in [0.717, 1.165) is 12.8 Å². The third-order valence-electron chi connectivity index (χ3n) is 2.76. The molecule has 0 aromatic heterocycles. The number of unbranched alkanes of at least 4 members (excludes halogenated alkanes) is 1. The fraction of sp³-hybridized carbons (Fsp3) is 0.500. The van der Waals surface area contributed by atoms with E-state index < -0.39 is 27.0 Å². The number of rotatable bonds is 9. The molecule has 170 valence electrons. The van der Waals surface area contributed by atoms with Crippen molar-refractivity contribution in [1.29, 1.82) is 0 Å². The van der Waals surface area contributed by atoms with Gasteiger partial charge in [-0.3, -0.25) is 0 Å². The third kappa shape index (κ3) is 18.8. The highest BCUT2D eigenvalue weighted by atomic mass is 28.4. The first kappa shape index (κ1) is 34.2. The first-order valence-electron chi connectivity index (χ1n) is 8.17. The molecule has 0 radical (unpaired) electrons. The molecule has 0 atom stereocenters. The number of carboxylic acids is 2. The molecule has 0 saturated heterocycles. The van der Waals surface area contributed by atoms with E-state index >= 15 is 0 Å². The first-order chi connectivity index (χ1) is 12.8. The molecule has 0 fully saturated rings. The molecule has 29 heavy (non-hydrogen) atoms. The fourth-order valence-electron chi connectivity index (χ4n) is 1.01. The van der Waals surface area contributed by atoms with Gasteiger partial charge in [-0.05, 0) is 27.2 Å². The molecule has 10 nitrogen and oxygen atoms in total. The van der Waals surface area contributed by atoms with Crippen LogP contribution in [0, 0.1) is 0 Å². The zero-order valence-corrected chi connectivity index (χ0v) is 19.2. The van der Waals surface area contributed by atoms with E-state index in [-0.39, 0.29) is 16.6 Å². The third-order valence-corrected chi connectivity index (χ3v) is 4.69. The molecule has 0 aliphatic heterocycles. The lowest BCUT2D eigenvalue weighted by Gasteiger charge is -2.22. The van der Waals surface area contributed by atoms with Crippen molar-refractivity contribution >= 4 is 27.0 Å². The van der Waals surface area contributed by atoms with E-state index in [0.29, 0.717) is 5.57 Å². The van der Waals surface area contributed by atoms with Crippen molar-refractivity contribution in [2.75, 3.05) is 21.3 Å². The van der Waals surface area contributed by atoms with Crippen LogP contribution in [0.3, 0.4) is 0 Å². The smallest absolute Gasteiger partial charge is 0.478 e. The van der Waals surface area contributed by atoms with Crippen LogP contribution in [0.5, 0.6) is 0 Å².